The third-order valence-corrected chi connectivity index (χ3v) is 17.2. The summed E-state index contributed by atoms with van der Waals surface area (Å²) >= 11 is 6.25. The van der Waals surface area contributed by atoms with E-state index >= 15 is 0 Å². The zero-order valence-electron chi connectivity index (χ0n) is 38.6. The largest absolute Gasteiger partial charge is 0.455 e. The Morgan fingerprint density at radius 1 is 0.986 bits per heavy atom. The minimum atomic E-state index is -4.63. The number of aromatic amines is 1. The van der Waals surface area contributed by atoms with Crippen molar-refractivity contribution >= 4 is 76.8 Å². The zero-order valence-corrected chi connectivity index (χ0v) is 41.0. The van der Waals surface area contributed by atoms with Gasteiger partial charge in [0.25, 0.3) is 27.5 Å². The maximum Gasteiger partial charge on any atom is 0.293 e. The smallest absolute Gasteiger partial charge is 0.293 e. The van der Waals surface area contributed by atoms with E-state index in [4.69, 9.17) is 16.3 Å². The van der Waals surface area contributed by atoms with Gasteiger partial charge in [0.1, 0.15) is 22.8 Å². The maximum atomic E-state index is 14.0. The van der Waals surface area contributed by atoms with E-state index < -0.39 is 41.2 Å². The first-order valence-electron chi connectivity index (χ1n) is 23.3. The first-order valence-corrected chi connectivity index (χ1v) is 27.0. The number of nitro groups is 1. The number of nitrogens with one attached hydrogen (secondary N) is 3. The van der Waals surface area contributed by atoms with Crippen LogP contribution in [0, 0.1) is 21.4 Å². The number of fused-ring (bicyclic) bond motifs is 1. The first-order chi connectivity index (χ1) is 33.0. The van der Waals surface area contributed by atoms with Crippen molar-refractivity contribution in [3.8, 4) is 11.5 Å². The number of nitrogens with zero attached hydrogens (tertiary/aromatic N) is 6. The van der Waals surface area contributed by atoms with Crippen molar-refractivity contribution in [3.05, 3.63) is 117 Å². The Labute approximate surface area is 407 Å². The van der Waals surface area contributed by atoms with Crippen LogP contribution >= 0.6 is 11.6 Å². The van der Waals surface area contributed by atoms with Gasteiger partial charge in [-0.05, 0) is 97.2 Å². The minimum absolute atomic E-state index is 0.0680. The lowest BCUT2D eigenvalue weighted by Gasteiger charge is -2.39. The lowest BCUT2D eigenvalue weighted by Crippen LogP contribution is -2.47. The van der Waals surface area contributed by atoms with Crippen LogP contribution in [0.15, 0.2) is 100 Å². The van der Waals surface area contributed by atoms with Crippen LogP contribution in [0.25, 0.3) is 16.6 Å². The van der Waals surface area contributed by atoms with E-state index in [9.17, 15) is 32.3 Å². The monoisotopic (exact) mass is 997 g/mol. The van der Waals surface area contributed by atoms with Crippen LogP contribution in [0.2, 0.25) is 5.02 Å². The van der Waals surface area contributed by atoms with E-state index in [1.807, 2.05) is 23.1 Å². The number of hydrogen-bond donors (Lipinski definition) is 3. The van der Waals surface area contributed by atoms with Crippen molar-refractivity contribution < 1.29 is 31.9 Å². The molecule has 2 amide bonds. The molecule has 2 aliphatic carbocycles. The highest BCUT2D eigenvalue weighted by Gasteiger charge is 2.33. The van der Waals surface area contributed by atoms with E-state index in [1.54, 1.807) is 24.4 Å². The average Bonchev–Trinajstić information content (AvgIpc) is 4.08. The van der Waals surface area contributed by atoms with Gasteiger partial charge in [-0.1, -0.05) is 43.2 Å². The van der Waals surface area contributed by atoms with Gasteiger partial charge in [0.05, 0.1) is 31.3 Å². The average molecular weight is 999 g/mol. The molecule has 3 aromatic carbocycles. The third kappa shape index (κ3) is 11.6. The highest BCUT2D eigenvalue weighted by atomic mass is 35.5. The molecule has 2 aromatic heterocycles. The van der Waals surface area contributed by atoms with E-state index in [1.165, 1.54) is 41.1 Å². The summed E-state index contributed by atoms with van der Waals surface area (Å²) in [5.74, 6) is -0.371. The summed E-state index contributed by atoms with van der Waals surface area (Å²) < 4.78 is 53.1. The van der Waals surface area contributed by atoms with Crippen molar-refractivity contribution in [3.63, 3.8) is 0 Å². The number of H-pyrrole nitrogens is 1. The Kier molecular flexibility index (Phi) is 13.9. The van der Waals surface area contributed by atoms with Crippen molar-refractivity contribution in [1.82, 2.24) is 24.5 Å². The molecule has 0 atom stereocenters. The number of carbonyl (C=O) groups is 2. The number of amides is 2. The van der Waals surface area contributed by atoms with Gasteiger partial charge in [-0.15, -0.1) is 0 Å². The van der Waals surface area contributed by atoms with Crippen LogP contribution in [0.5, 0.6) is 11.5 Å². The van der Waals surface area contributed by atoms with Crippen molar-refractivity contribution in [2.24, 2.45) is 15.7 Å². The van der Waals surface area contributed by atoms with E-state index in [0.717, 1.165) is 73.9 Å². The Morgan fingerprint density at radius 3 is 2.46 bits per heavy atom. The Hall–Kier alpha value is -5.86. The van der Waals surface area contributed by atoms with Crippen LogP contribution in [0.1, 0.15) is 61.9 Å². The summed E-state index contributed by atoms with van der Waals surface area (Å²) in [6, 6.07) is 20.1. The van der Waals surface area contributed by atoms with Crippen molar-refractivity contribution in [2.75, 3.05) is 80.6 Å². The Morgan fingerprint density at radius 2 is 1.74 bits per heavy atom. The number of hydrogen-bond acceptors (Lipinski definition) is 13. The topological polar surface area (TPSA) is 213 Å². The van der Waals surface area contributed by atoms with Crippen molar-refractivity contribution in [2.45, 2.75) is 50.8 Å². The minimum Gasteiger partial charge on any atom is -0.455 e. The molecule has 2 saturated heterocycles. The van der Waals surface area contributed by atoms with Gasteiger partial charge in [0, 0.05) is 111 Å². The molecule has 0 unspecified atom stereocenters. The Bertz CT molecular complexity index is 3050. The van der Waals surface area contributed by atoms with Crippen LogP contribution in [-0.2, 0) is 24.5 Å². The summed E-state index contributed by atoms with van der Waals surface area (Å²) in [6.45, 7) is 10.2. The number of sulfonamides is 1. The predicted molar refractivity (Wildman–Crippen MR) is 268 cm³/mol. The summed E-state index contributed by atoms with van der Waals surface area (Å²) in [4.78, 5) is 51.4. The fourth-order valence-electron chi connectivity index (χ4n) is 9.18. The number of piperazine rings is 1. The fourth-order valence-corrected chi connectivity index (χ4v) is 12.2. The molecule has 0 spiro atoms. The van der Waals surface area contributed by atoms with Crippen LogP contribution in [0.4, 0.5) is 17.1 Å². The molecule has 5 aromatic rings. The standard InChI is InChI=1S/C49H56ClN9O8S2/c1-49(2)15-13-36(42(30-49)33-5-7-37(50)8-6-33)32-57-19-21-58(22-20-57)38-9-11-41(45(28-38)67-39-27-35-14-16-52-46(35)53-31-39)48(61)55-69(65,66)40-10-12-43(44(29-40)59(62)63)51-17-18-56-23-25-68(64,26-24-56)54-47(60)34-3-4-34/h5-12,14,16,27-29,31,34,51H,3-4,13,15,17-26,30,32H2,1-2H3,(H,52,53)(H,55,61). The second-order valence-electron chi connectivity index (χ2n) is 19.1. The molecule has 364 valence electrons. The second kappa shape index (κ2) is 19.9. The normalized spacial score (nSPS) is 18.7. The van der Waals surface area contributed by atoms with Gasteiger partial charge >= 0.3 is 0 Å². The highest BCUT2D eigenvalue weighted by molar-refractivity contribution is 7.94. The number of pyridine rings is 1. The third-order valence-electron chi connectivity index (χ3n) is 13.4. The number of benzene rings is 3. The molecule has 1 saturated carbocycles. The maximum absolute atomic E-state index is 14.0. The number of allylic oxidation sites excluding steroid dienone is 1. The molecule has 69 heavy (non-hydrogen) atoms. The van der Waals surface area contributed by atoms with Gasteiger partial charge in [0.2, 0.25) is 0 Å². The first kappa shape index (κ1) is 48.2. The predicted octanol–water partition coefficient (Wildman–Crippen LogP) is 7.95. The second-order valence-corrected chi connectivity index (χ2v) is 23.7. The quantitative estimate of drug-likeness (QED) is 0.0672. The molecule has 3 N–H and O–H groups in total. The summed E-state index contributed by atoms with van der Waals surface area (Å²) in [5.41, 5.74) is 5.24. The molecule has 0 radical (unpaired) electrons. The Balaban J connectivity index is 0.878. The van der Waals surface area contributed by atoms with E-state index in [0.29, 0.717) is 44.1 Å². The number of nitro benzene ring substituents is 1. The van der Waals surface area contributed by atoms with E-state index in [-0.39, 0.29) is 52.3 Å². The SMILES string of the molecule is CC1(C)CCC(CN2CCN(c3ccc(C(=O)NS(=O)(=O)c4ccc(NCCN5CCS(=O)(=NC(=O)C6CC6)CC5)c([N+](=O)[O-])c4)c(Oc4cnc5[nH]ccc5c4)c3)CC2)=C(c2ccc(Cl)cc2)C1. The number of rotatable bonds is 15. The molecule has 20 heteroatoms. The number of ether oxygens (including phenoxy) is 1. The van der Waals surface area contributed by atoms with Crippen LogP contribution < -0.4 is 19.7 Å². The summed E-state index contributed by atoms with van der Waals surface area (Å²) in [7, 11) is -7.22. The lowest BCUT2D eigenvalue weighted by molar-refractivity contribution is -0.384. The molecular weight excluding hydrogens is 942 g/mol. The molecule has 2 aliphatic heterocycles. The number of halogens is 1. The van der Waals surface area contributed by atoms with Gasteiger partial charge in [-0.2, -0.15) is 4.36 Å². The van der Waals surface area contributed by atoms with Crippen LogP contribution in [0.3, 0.4) is 0 Å². The molecule has 0 bridgehead atoms. The van der Waals surface area contributed by atoms with Crippen molar-refractivity contribution in [1.29, 1.82) is 0 Å². The zero-order chi connectivity index (χ0) is 48.5. The number of anilines is 2. The number of carbonyl (C=O) groups excluding carboxylic acids is 2. The molecule has 4 heterocycles. The lowest BCUT2D eigenvalue weighted by atomic mass is 9.72. The molecule has 17 nitrogen and oxygen atoms in total. The molecular formula is C49H56ClN9O8S2. The summed E-state index contributed by atoms with van der Waals surface area (Å²) in [5, 5.41) is 16.7. The molecule has 3 fully saturated rings. The fraction of sp³-hybridized carbons (Fsp3) is 0.408. The highest BCUT2D eigenvalue weighted by Crippen LogP contribution is 2.43. The van der Waals surface area contributed by atoms with Gasteiger partial charge in [0.15, 0.2) is 0 Å². The molecule has 9 rings (SSSR count). The van der Waals surface area contributed by atoms with Gasteiger partial charge in [-0.25, -0.2) is 22.3 Å². The van der Waals surface area contributed by atoms with Gasteiger partial charge in [-0.3, -0.25) is 29.5 Å². The summed E-state index contributed by atoms with van der Waals surface area (Å²) in [6.07, 6.45) is 8.01. The van der Waals surface area contributed by atoms with Crippen LogP contribution in [-0.4, -0.2) is 120 Å². The number of aromatic nitrogens is 2. The van der Waals surface area contributed by atoms with Gasteiger partial charge < -0.3 is 19.9 Å². The molecule has 4 aliphatic rings. The van der Waals surface area contributed by atoms with E-state index in [2.05, 4.69) is 60.1 Å².